The molecule has 0 spiro atoms. The Balaban J connectivity index is 1.84. The summed E-state index contributed by atoms with van der Waals surface area (Å²) >= 11 is 2.14. The molecule has 0 fully saturated rings. The van der Waals surface area contributed by atoms with E-state index in [4.69, 9.17) is 0 Å². The molecule has 0 amide bonds. The molecule has 0 atom stereocenters. The molecule has 3 aromatic rings. The second-order valence-corrected chi connectivity index (χ2v) is 8.57. The Bertz CT molecular complexity index is 877. The number of benzene rings is 1. The third kappa shape index (κ3) is 2.37. The van der Waals surface area contributed by atoms with Crippen molar-refractivity contribution in [3.63, 3.8) is 0 Å². The summed E-state index contributed by atoms with van der Waals surface area (Å²) in [5.41, 5.74) is 3.91. The molecule has 1 aliphatic heterocycles. The van der Waals surface area contributed by atoms with E-state index in [-0.39, 0.29) is 15.0 Å². The van der Waals surface area contributed by atoms with Crippen LogP contribution >= 0.6 is 11.8 Å². The van der Waals surface area contributed by atoms with Gasteiger partial charge in [-0.3, -0.25) is 0 Å². The zero-order valence-electron chi connectivity index (χ0n) is 12.4. The van der Waals surface area contributed by atoms with Gasteiger partial charge < -0.3 is 0 Å². The third-order valence-electron chi connectivity index (χ3n) is 3.78. The molecule has 22 heavy (non-hydrogen) atoms. The molecule has 1 aliphatic rings. The van der Waals surface area contributed by atoms with Crippen molar-refractivity contribution in [2.24, 2.45) is 7.05 Å². The fraction of sp³-hybridized carbons (Fsp3) is 0.111. The van der Waals surface area contributed by atoms with Crippen molar-refractivity contribution in [3.8, 4) is 11.3 Å². The summed E-state index contributed by atoms with van der Waals surface area (Å²) in [4.78, 5) is 7.26. The summed E-state index contributed by atoms with van der Waals surface area (Å²) in [6.45, 7) is 2.20. The van der Waals surface area contributed by atoms with E-state index in [1.54, 1.807) is 0 Å². The second-order valence-electron chi connectivity index (χ2n) is 5.32. The summed E-state index contributed by atoms with van der Waals surface area (Å²) in [5.74, 6) is 0. The van der Waals surface area contributed by atoms with Gasteiger partial charge in [-0.15, -0.1) is 0 Å². The van der Waals surface area contributed by atoms with Gasteiger partial charge in [-0.1, -0.05) is 0 Å². The molecular formula is C18H15N2SSe+. The Kier molecular flexibility index (Phi) is 3.53. The topological polar surface area (TPSA) is 16.8 Å². The molecule has 0 unspecified atom stereocenters. The summed E-state index contributed by atoms with van der Waals surface area (Å²) in [7, 11) is 2.10. The molecule has 2 nitrogen and oxygen atoms in total. The fourth-order valence-electron chi connectivity index (χ4n) is 2.65. The van der Waals surface area contributed by atoms with E-state index >= 15 is 0 Å². The van der Waals surface area contributed by atoms with Crippen LogP contribution in [0, 0.1) is 6.92 Å². The Morgan fingerprint density at radius 3 is 2.86 bits per heavy atom. The molecule has 0 saturated heterocycles. The van der Waals surface area contributed by atoms with Crippen LogP contribution in [0.25, 0.3) is 11.3 Å². The molecule has 2 aromatic heterocycles. The van der Waals surface area contributed by atoms with Gasteiger partial charge in [0, 0.05) is 0 Å². The molecule has 4 heteroatoms. The van der Waals surface area contributed by atoms with Crippen LogP contribution in [0.2, 0.25) is 0 Å². The van der Waals surface area contributed by atoms with Crippen LogP contribution in [-0.4, -0.2) is 19.9 Å². The number of pyridine rings is 2. The van der Waals surface area contributed by atoms with Gasteiger partial charge in [-0.05, 0) is 0 Å². The van der Waals surface area contributed by atoms with Crippen molar-refractivity contribution >= 4 is 35.8 Å². The average Bonchev–Trinajstić information content (AvgIpc) is 2.53. The van der Waals surface area contributed by atoms with Gasteiger partial charge in [0.25, 0.3) is 0 Å². The van der Waals surface area contributed by atoms with Crippen LogP contribution in [0.3, 0.4) is 0 Å². The number of rotatable bonds is 1. The molecule has 0 N–H and O–H groups in total. The number of hydrogen-bond acceptors (Lipinski definition) is 2. The van der Waals surface area contributed by atoms with Gasteiger partial charge in [0.15, 0.2) is 0 Å². The van der Waals surface area contributed by atoms with Gasteiger partial charge in [-0.2, -0.15) is 0 Å². The Hall–Kier alpha value is -1.61. The average molecular weight is 370 g/mol. The maximum atomic E-state index is 4.56. The summed E-state index contributed by atoms with van der Waals surface area (Å²) in [6.07, 6.45) is 4.00. The summed E-state index contributed by atoms with van der Waals surface area (Å²) in [6, 6.07) is 15.3. The third-order valence-corrected chi connectivity index (χ3v) is 7.73. The van der Waals surface area contributed by atoms with Crippen molar-refractivity contribution in [3.05, 3.63) is 60.4 Å². The SMILES string of the molecule is Cc1cc2c(cc1-c1cccc[n+]1C)[Se]c1ncccc1S2. The quantitative estimate of drug-likeness (QED) is 0.377. The van der Waals surface area contributed by atoms with Crippen molar-refractivity contribution < 1.29 is 4.57 Å². The molecule has 0 aliphatic carbocycles. The van der Waals surface area contributed by atoms with Crippen LogP contribution < -0.4 is 13.6 Å². The van der Waals surface area contributed by atoms with E-state index < -0.39 is 0 Å². The number of nitrogens with zero attached hydrogens (tertiary/aromatic N) is 2. The van der Waals surface area contributed by atoms with Crippen LogP contribution in [0.1, 0.15) is 5.56 Å². The predicted octanol–water partition coefficient (Wildman–Crippen LogP) is 2.00. The molecule has 0 saturated carbocycles. The first-order valence-electron chi connectivity index (χ1n) is 7.13. The van der Waals surface area contributed by atoms with E-state index in [2.05, 4.69) is 66.1 Å². The van der Waals surface area contributed by atoms with Crippen molar-refractivity contribution in [1.29, 1.82) is 0 Å². The monoisotopic (exact) mass is 371 g/mol. The molecule has 0 radical (unpaired) electrons. The number of aromatic nitrogens is 2. The van der Waals surface area contributed by atoms with Crippen LogP contribution in [0.15, 0.2) is 64.6 Å². The van der Waals surface area contributed by atoms with Crippen LogP contribution in [-0.2, 0) is 7.05 Å². The van der Waals surface area contributed by atoms with Crippen LogP contribution in [0.5, 0.6) is 0 Å². The normalized spacial score (nSPS) is 12.6. The van der Waals surface area contributed by atoms with E-state index in [1.807, 2.05) is 24.0 Å². The maximum absolute atomic E-state index is 4.56. The summed E-state index contributed by atoms with van der Waals surface area (Å²) in [5, 5.41) is 0. The minimum atomic E-state index is 0.285. The van der Waals surface area contributed by atoms with Gasteiger partial charge in [0.1, 0.15) is 0 Å². The van der Waals surface area contributed by atoms with E-state index in [1.165, 1.54) is 35.7 Å². The molecule has 108 valence electrons. The van der Waals surface area contributed by atoms with E-state index in [0.29, 0.717) is 0 Å². The molecular weight excluding hydrogens is 355 g/mol. The molecule has 4 rings (SSSR count). The van der Waals surface area contributed by atoms with Crippen molar-refractivity contribution in [2.75, 3.05) is 0 Å². The Morgan fingerprint density at radius 2 is 2.00 bits per heavy atom. The van der Waals surface area contributed by atoms with Gasteiger partial charge in [0.05, 0.1) is 0 Å². The van der Waals surface area contributed by atoms with Crippen molar-refractivity contribution in [2.45, 2.75) is 16.7 Å². The van der Waals surface area contributed by atoms with Gasteiger partial charge in [-0.25, -0.2) is 0 Å². The van der Waals surface area contributed by atoms with Gasteiger partial charge >= 0.3 is 141 Å². The Morgan fingerprint density at radius 1 is 1.09 bits per heavy atom. The molecule has 0 bridgehead atoms. The Labute approximate surface area is 140 Å². The molecule has 3 heterocycles. The minimum absolute atomic E-state index is 0.285. The number of fused-ring (bicyclic) bond motifs is 2. The zero-order chi connectivity index (χ0) is 15.1. The predicted molar refractivity (Wildman–Crippen MR) is 91.2 cm³/mol. The molecule has 1 aromatic carbocycles. The first kappa shape index (κ1) is 14.0. The van der Waals surface area contributed by atoms with Gasteiger partial charge in [0.2, 0.25) is 0 Å². The summed E-state index contributed by atoms with van der Waals surface area (Å²) < 4.78 is 4.87. The van der Waals surface area contributed by atoms with E-state index in [9.17, 15) is 0 Å². The zero-order valence-corrected chi connectivity index (χ0v) is 14.9. The number of aryl methyl sites for hydroxylation is 2. The van der Waals surface area contributed by atoms with Crippen molar-refractivity contribution in [1.82, 2.24) is 4.98 Å². The second kappa shape index (κ2) is 5.54. The first-order valence-corrected chi connectivity index (χ1v) is 9.66. The van der Waals surface area contributed by atoms with E-state index in [0.717, 1.165) is 0 Å². The fourth-order valence-corrected chi connectivity index (χ4v) is 6.26. The standard InChI is InChI=1S/C18H15N2SSe/c1-12-10-16-17(22-18-15(21-16)7-5-8-19-18)11-13(12)14-6-3-4-9-20(14)2/h3-11H,1-2H3/q+1. The first-order chi connectivity index (χ1) is 10.7. The number of hydrogen-bond donors (Lipinski definition) is 0. The van der Waals surface area contributed by atoms with Crippen LogP contribution in [0.4, 0.5) is 0 Å².